The largest absolute Gasteiger partial charge is 0.480 e. The molecule has 2 aliphatic heterocycles. The number of halogens is 3. The van der Waals surface area contributed by atoms with Crippen molar-refractivity contribution in [1.29, 1.82) is 0 Å². The van der Waals surface area contributed by atoms with Crippen molar-refractivity contribution in [2.45, 2.75) is 155 Å². The third kappa shape index (κ3) is 15.3. The number of methoxy groups -OCH3 is 2. The number of Topliss-reactive ketones (excluding diaryl/α,β-unsaturated/α-hetero) is 4. The van der Waals surface area contributed by atoms with Crippen molar-refractivity contribution in [1.82, 2.24) is 9.80 Å². The molecule has 0 unspecified atom stereocenters. The van der Waals surface area contributed by atoms with Crippen molar-refractivity contribution in [2.24, 2.45) is 23.7 Å². The smallest absolute Gasteiger partial charge is 0.329 e. The molecule has 16 nitrogen and oxygen atoms in total. The van der Waals surface area contributed by atoms with Crippen LogP contribution >= 0.6 is 47.8 Å². The lowest BCUT2D eigenvalue weighted by Crippen LogP contribution is -2.46. The van der Waals surface area contributed by atoms with Crippen molar-refractivity contribution in [3.05, 3.63) is 115 Å². The van der Waals surface area contributed by atoms with E-state index >= 15 is 0 Å². The first-order chi connectivity index (χ1) is 42.7. The van der Waals surface area contributed by atoms with Gasteiger partial charge in [0.15, 0.2) is 24.0 Å². The summed E-state index contributed by atoms with van der Waals surface area (Å²) in [6.45, 7) is 7.88. The average molecular weight is 1410 g/mol. The van der Waals surface area contributed by atoms with E-state index < -0.39 is 54.4 Å². The summed E-state index contributed by atoms with van der Waals surface area (Å²) in [5.74, 6) is -4.10. The minimum absolute atomic E-state index is 0.00413. The highest BCUT2D eigenvalue weighted by atomic mass is 79.9. The SMILES string of the molecule is COC(=O)C[C@H](C(=O)N1CCC[C@H]1C(=O)O)C(C)C.COC(=O)C[C@H](C(=O)N1CCC[C@H]1C(=O)OCC(=O)c1ccc(-c2ccc(C(=O)CBr)c3c2CCC3)c2c1CCC2)C(C)C.O=C(CBr)c1ccc(-c2ccc(C(=O)CBr)c3c2CCC3)c2c1CCC2. The molecule has 2 amide bonds. The summed E-state index contributed by atoms with van der Waals surface area (Å²) in [4.78, 5) is 127. The van der Waals surface area contributed by atoms with Gasteiger partial charge in [-0.1, -0.05) is 124 Å². The van der Waals surface area contributed by atoms with Crippen molar-refractivity contribution >= 4 is 107 Å². The molecule has 2 heterocycles. The zero-order chi connectivity index (χ0) is 64.4. The first kappa shape index (κ1) is 68.7. The summed E-state index contributed by atoms with van der Waals surface area (Å²) >= 11 is 9.92. The molecule has 0 aromatic heterocycles. The van der Waals surface area contributed by atoms with E-state index in [2.05, 4.69) is 70.7 Å². The Hall–Kier alpha value is -6.18. The van der Waals surface area contributed by atoms with Crippen LogP contribution in [-0.4, -0.2) is 136 Å². The molecule has 6 aliphatic rings. The molecule has 4 aliphatic carbocycles. The molecule has 1 N–H and O–H groups in total. The number of carbonyl (C=O) groups is 10. The molecule has 0 saturated carbocycles. The lowest BCUT2D eigenvalue weighted by atomic mass is 9.87. The topological polar surface area (TPSA) is 225 Å². The number of benzene rings is 4. The third-order valence-corrected chi connectivity index (χ3v) is 20.3. The zero-order valence-electron chi connectivity index (χ0n) is 51.8. The first-order valence-electron chi connectivity index (χ1n) is 31.2. The molecule has 4 aromatic rings. The van der Waals surface area contributed by atoms with Crippen LogP contribution in [0.15, 0.2) is 48.5 Å². The van der Waals surface area contributed by atoms with Gasteiger partial charge in [0.05, 0.1) is 54.9 Å². The third-order valence-electron chi connectivity index (χ3n) is 18.7. The number of aliphatic carboxylic acids is 1. The average Bonchev–Trinajstić information content (AvgIpc) is 1.80. The zero-order valence-corrected chi connectivity index (χ0v) is 56.6. The standard InChI is InChI=1S/C35H40BrNO7.C22H20Br2O2.C13H21NO5/c1-20(2)29(17-33(40)43-3)34(41)37-16-6-11-30(37)35(42)44-19-32(39)28-15-13-26(22-8-5-10-24(22)28)25-12-14-27(31(38)18-36)23-9-4-7-21(23)25;23-11-21(25)19-9-7-17(13-3-1-5-15(13)19)18-8-10-20(22(26)12-24)16-6-2-4-14(16)18;1-8(2)9(7-11(15)19-3)12(16)14-6-4-5-10(14)13(17)18/h12-15,20,29-30H,4-11,16-19H2,1-3H3;7-10H,1-6,11-12H2;8-10H,4-7H2,1-3H3,(H,17,18)/t29-,30-;;9-,10-/m0.0/s1. The molecule has 2 saturated heterocycles. The maximum atomic E-state index is 13.4. The highest BCUT2D eigenvalue weighted by Gasteiger charge is 2.41. The van der Waals surface area contributed by atoms with Crippen molar-refractivity contribution in [3.8, 4) is 22.3 Å². The number of fused-ring (bicyclic) bond motifs is 4. The Kier molecular flexibility index (Phi) is 24.1. The molecule has 89 heavy (non-hydrogen) atoms. The number of ketones is 4. The Labute approximate surface area is 546 Å². The van der Waals surface area contributed by atoms with E-state index in [1.165, 1.54) is 63.0 Å². The van der Waals surface area contributed by atoms with Gasteiger partial charge in [-0.25, -0.2) is 9.59 Å². The maximum Gasteiger partial charge on any atom is 0.329 e. The van der Waals surface area contributed by atoms with E-state index in [0.717, 1.165) is 122 Å². The van der Waals surface area contributed by atoms with E-state index in [9.17, 15) is 47.9 Å². The minimum atomic E-state index is -0.980. The number of esters is 3. The van der Waals surface area contributed by atoms with Gasteiger partial charge in [0.25, 0.3) is 0 Å². The van der Waals surface area contributed by atoms with Gasteiger partial charge in [-0.15, -0.1) is 0 Å². The van der Waals surface area contributed by atoms with E-state index in [-0.39, 0.29) is 59.6 Å². The maximum absolute atomic E-state index is 13.4. The number of ether oxygens (including phenoxy) is 3. The number of amides is 2. The van der Waals surface area contributed by atoms with Crippen LogP contribution in [0.25, 0.3) is 22.3 Å². The molecule has 10 rings (SSSR count). The predicted molar refractivity (Wildman–Crippen MR) is 349 cm³/mol. The van der Waals surface area contributed by atoms with Gasteiger partial charge < -0.3 is 29.1 Å². The Morgan fingerprint density at radius 3 is 1.06 bits per heavy atom. The normalized spacial score (nSPS) is 17.5. The second-order valence-electron chi connectivity index (χ2n) is 24.6. The number of hydrogen-bond donors (Lipinski definition) is 1. The van der Waals surface area contributed by atoms with Crippen molar-refractivity contribution < 1.29 is 67.3 Å². The number of rotatable bonds is 21. The monoisotopic (exact) mass is 1410 g/mol. The van der Waals surface area contributed by atoms with Gasteiger partial charge in [0.1, 0.15) is 12.1 Å². The highest BCUT2D eigenvalue weighted by molar-refractivity contribution is 9.09. The van der Waals surface area contributed by atoms with Crippen molar-refractivity contribution in [3.63, 3.8) is 0 Å². The van der Waals surface area contributed by atoms with E-state index in [4.69, 9.17) is 14.6 Å². The van der Waals surface area contributed by atoms with Crippen LogP contribution in [0.4, 0.5) is 0 Å². The Bertz CT molecular complexity index is 3350. The van der Waals surface area contributed by atoms with Crippen LogP contribution in [0.1, 0.15) is 178 Å². The van der Waals surface area contributed by atoms with Crippen LogP contribution in [0.3, 0.4) is 0 Å². The van der Waals surface area contributed by atoms with E-state index in [1.54, 1.807) is 0 Å². The van der Waals surface area contributed by atoms with Gasteiger partial charge >= 0.3 is 23.9 Å². The predicted octanol–water partition coefficient (Wildman–Crippen LogP) is 11.8. The number of nitrogens with zero attached hydrogens (tertiary/aromatic N) is 2. The van der Waals surface area contributed by atoms with Gasteiger partial charge in [-0.2, -0.15) is 0 Å². The second kappa shape index (κ2) is 31.2. The first-order valence-corrected chi connectivity index (χ1v) is 34.6. The fourth-order valence-electron chi connectivity index (χ4n) is 14.1. The van der Waals surface area contributed by atoms with Crippen LogP contribution in [0.5, 0.6) is 0 Å². The molecule has 476 valence electrons. The summed E-state index contributed by atoms with van der Waals surface area (Å²) < 4.78 is 14.9. The Morgan fingerprint density at radius 1 is 0.449 bits per heavy atom. The van der Waals surface area contributed by atoms with E-state index in [1.807, 2.05) is 58.0 Å². The lowest BCUT2D eigenvalue weighted by molar-refractivity contribution is -0.155. The Morgan fingerprint density at radius 2 is 0.753 bits per heavy atom. The summed E-state index contributed by atoms with van der Waals surface area (Å²) in [5, 5.41) is 10.1. The molecular weight excluding hydrogens is 1330 g/mol. The van der Waals surface area contributed by atoms with Crippen LogP contribution in [-0.2, 0) is 94.3 Å². The Balaban J connectivity index is 0.000000192. The summed E-state index contributed by atoms with van der Waals surface area (Å²) in [6, 6.07) is 14.6. The van der Waals surface area contributed by atoms with Gasteiger partial charge in [0, 0.05) is 35.3 Å². The quantitative estimate of drug-likeness (QED) is 0.0354. The van der Waals surface area contributed by atoms with E-state index in [0.29, 0.717) is 60.3 Å². The lowest BCUT2D eigenvalue weighted by Gasteiger charge is -2.29. The number of carboxylic acid groups (broad SMARTS) is 1. The number of alkyl halides is 3. The molecule has 0 radical (unpaired) electrons. The molecule has 2 fully saturated rings. The molecule has 0 spiro atoms. The molecule has 4 atom stereocenters. The summed E-state index contributed by atoms with van der Waals surface area (Å²) in [6.07, 6.45) is 13.9. The number of carbonyl (C=O) groups excluding carboxylic acids is 9. The van der Waals surface area contributed by atoms with Gasteiger partial charge in [-0.05, 0) is 181 Å². The molecule has 19 heteroatoms. The van der Waals surface area contributed by atoms with Gasteiger partial charge in [0.2, 0.25) is 17.6 Å². The fourth-order valence-corrected chi connectivity index (χ4v) is 15.0. The van der Waals surface area contributed by atoms with Crippen LogP contribution in [0, 0.1) is 23.7 Å². The molecule has 4 aromatic carbocycles. The van der Waals surface area contributed by atoms with Crippen LogP contribution < -0.4 is 0 Å². The van der Waals surface area contributed by atoms with Crippen LogP contribution in [0.2, 0.25) is 0 Å². The highest BCUT2D eigenvalue weighted by Crippen LogP contribution is 2.43. The second-order valence-corrected chi connectivity index (χ2v) is 26.2. The number of hydrogen-bond acceptors (Lipinski definition) is 13. The molecular formula is C70H81Br3N2O14. The fraction of sp³-hybridized carbons (Fsp3) is 0.514. The number of carboxylic acids is 1. The summed E-state index contributed by atoms with van der Waals surface area (Å²) in [7, 11) is 2.57. The minimum Gasteiger partial charge on any atom is -0.480 e. The number of likely N-dealkylation sites (tertiary alicyclic amines) is 2. The van der Waals surface area contributed by atoms with Crippen molar-refractivity contribution in [2.75, 3.05) is 49.9 Å². The summed E-state index contributed by atoms with van der Waals surface area (Å²) in [5.41, 5.74) is 17.6. The van der Waals surface area contributed by atoms with Gasteiger partial charge in [-0.3, -0.25) is 38.4 Å². The molecule has 0 bridgehead atoms.